The van der Waals surface area contributed by atoms with Gasteiger partial charge in [0.15, 0.2) is 6.10 Å². The van der Waals surface area contributed by atoms with Crippen LogP contribution in [-0.2, 0) is 23.7 Å². The number of carbonyl (C=O) groups excluding carboxylic acids is 1. The summed E-state index contributed by atoms with van der Waals surface area (Å²) in [6.07, 6.45) is 1.23. The lowest BCUT2D eigenvalue weighted by atomic mass is 10.1. The Labute approximate surface area is 152 Å². The molecule has 0 aromatic carbocycles. The van der Waals surface area contributed by atoms with Crippen molar-refractivity contribution in [2.45, 2.75) is 64.6 Å². The second-order valence-electron chi connectivity index (χ2n) is 6.73. The zero-order chi connectivity index (χ0) is 18.8. The third-order valence-corrected chi connectivity index (χ3v) is 3.85. The smallest absolute Gasteiger partial charge is 0.333 e. The number of ether oxygens (including phenoxy) is 4. The molecular formula is C18H34O5S. The summed E-state index contributed by atoms with van der Waals surface area (Å²) < 4.78 is 22.1. The van der Waals surface area contributed by atoms with Crippen molar-refractivity contribution in [2.24, 2.45) is 5.92 Å². The number of methoxy groups -OCH3 is 1. The summed E-state index contributed by atoms with van der Waals surface area (Å²) >= 11 is 4.35. The van der Waals surface area contributed by atoms with Crippen LogP contribution in [0.15, 0.2) is 12.2 Å². The van der Waals surface area contributed by atoms with Gasteiger partial charge in [-0.25, -0.2) is 4.79 Å². The van der Waals surface area contributed by atoms with Crippen molar-refractivity contribution in [3.63, 3.8) is 0 Å². The quantitative estimate of drug-likeness (QED) is 0.178. The number of hydrogen-bond donors (Lipinski definition) is 1. The van der Waals surface area contributed by atoms with Crippen molar-refractivity contribution >= 4 is 18.6 Å². The molecule has 0 heterocycles. The first-order valence-corrected chi connectivity index (χ1v) is 8.87. The Morgan fingerprint density at radius 3 is 2.42 bits per heavy atom. The third-order valence-electron chi connectivity index (χ3n) is 3.54. The van der Waals surface area contributed by atoms with Gasteiger partial charge in [-0.15, -0.1) is 12.6 Å². The highest BCUT2D eigenvalue weighted by Crippen LogP contribution is 2.17. The number of hydrogen-bond acceptors (Lipinski definition) is 6. The van der Waals surface area contributed by atoms with E-state index in [9.17, 15) is 4.79 Å². The number of thiol groups is 1. The molecule has 0 radical (unpaired) electrons. The average molecular weight is 363 g/mol. The second kappa shape index (κ2) is 11.9. The van der Waals surface area contributed by atoms with Gasteiger partial charge in [0.1, 0.15) is 4.93 Å². The van der Waals surface area contributed by atoms with Crippen molar-refractivity contribution in [3.8, 4) is 0 Å². The molecule has 3 atom stereocenters. The normalized spacial score (nSPS) is 16.5. The molecule has 0 rings (SSSR count). The lowest BCUT2D eigenvalue weighted by Crippen LogP contribution is -2.39. The molecule has 0 aliphatic rings. The second-order valence-corrected chi connectivity index (χ2v) is 7.68. The highest BCUT2D eigenvalue weighted by atomic mass is 32.1. The highest BCUT2D eigenvalue weighted by Gasteiger charge is 2.26. The van der Waals surface area contributed by atoms with Crippen LogP contribution in [-0.4, -0.2) is 50.0 Å². The van der Waals surface area contributed by atoms with E-state index in [1.807, 2.05) is 6.92 Å². The summed E-state index contributed by atoms with van der Waals surface area (Å²) in [6, 6.07) is 0. The Morgan fingerprint density at radius 1 is 1.29 bits per heavy atom. The Hall–Kier alpha value is -0.560. The van der Waals surface area contributed by atoms with Crippen LogP contribution in [0.1, 0.15) is 47.5 Å². The zero-order valence-corrected chi connectivity index (χ0v) is 16.9. The highest BCUT2D eigenvalue weighted by molar-refractivity contribution is 7.81. The molecule has 24 heavy (non-hydrogen) atoms. The summed E-state index contributed by atoms with van der Waals surface area (Å²) in [5, 5.41) is 0. The van der Waals surface area contributed by atoms with E-state index in [-0.39, 0.29) is 19.3 Å². The Bertz CT molecular complexity index is 382. The predicted octanol–water partition coefficient (Wildman–Crippen LogP) is 3.62. The van der Waals surface area contributed by atoms with Gasteiger partial charge >= 0.3 is 5.97 Å². The molecule has 0 saturated carbocycles. The van der Waals surface area contributed by atoms with E-state index in [1.54, 1.807) is 21.0 Å². The van der Waals surface area contributed by atoms with Gasteiger partial charge < -0.3 is 18.9 Å². The lowest BCUT2D eigenvalue weighted by Gasteiger charge is -2.28. The summed E-state index contributed by atoms with van der Waals surface area (Å²) in [4.78, 5) is 11.1. The topological polar surface area (TPSA) is 54.0 Å². The fraction of sp³-hybridized carbons (Fsp3) is 0.833. The number of rotatable bonds is 13. The molecule has 0 aliphatic carbocycles. The van der Waals surface area contributed by atoms with E-state index in [4.69, 9.17) is 18.9 Å². The summed E-state index contributed by atoms with van der Waals surface area (Å²) in [5.74, 6) is 0.205. The largest absolute Gasteiger partial charge is 0.454 e. The van der Waals surface area contributed by atoms with E-state index >= 15 is 0 Å². The molecule has 0 fully saturated rings. The van der Waals surface area contributed by atoms with E-state index < -0.39 is 17.0 Å². The summed E-state index contributed by atoms with van der Waals surface area (Å²) in [5.41, 5.74) is 0.350. The van der Waals surface area contributed by atoms with Gasteiger partial charge in [-0.3, -0.25) is 0 Å². The molecule has 0 N–H and O–H groups in total. The maximum Gasteiger partial charge on any atom is 0.333 e. The Morgan fingerprint density at radius 2 is 1.92 bits per heavy atom. The van der Waals surface area contributed by atoms with Crippen molar-refractivity contribution in [3.05, 3.63) is 12.2 Å². The van der Waals surface area contributed by atoms with Crippen molar-refractivity contribution < 1.29 is 23.7 Å². The standard InChI is InChI=1S/C18H34O5S/c1-13(2)9-8-10-21-11-16(23-17(19)14(3)4)15(5)22-12-18(6,24)20-7/h13,15-16,24H,3,8-12H2,1-2,4-7H3. The van der Waals surface area contributed by atoms with E-state index in [2.05, 4.69) is 33.1 Å². The van der Waals surface area contributed by atoms with Gasteiger partial charge in [0, 0.05) is 19.3 Å². The first-order valence-electron chi connectivity index (χ1n) is 8.42. The molecule has 0 spiro atoms. The van der Waals surface area contributed by atoms with Crippen molar-refractivity contribution in [2.75, 3.05) is 26.9 Å². The maximum atomic E-state index is 11.8. The fourth-order valence-electron chi connectivity index (χ4n) is 1.75. The Balaban J connectivity index is 4.50. The van der Waals surface area contributed by atoms with Gasteiger partial charge in [0.25, 0.3) is 0 Å². The molecular weight excluding hydrogens is 328 g/mol. The van der Waals surface area contributed by atoms with E-state index in [1.165, 1.54) is 0 Å². The van der Waals surface area contributed by atoms with Crippen LogP contribution in [0.2, 0.25) is 0 Å². The number of esters is 1. The van der Waals surface area contributed by atoms with Crippen molar-refractivity contribution in [1.29, 1.82) is 0 Å². The van der Waals surface area contributed by atoms with Gasteiger partial charge in [-0.05, 0) is 39.5 Å². The molecule has 0 aromatic rings. The molecule has 0 saturated heterocycles. The van der Waals surface area contributed by atoms with Crippen LogP contribution in [0.5, 0.6) is 0 Å². The molecule has 0 aromatic heterocycles. The van der Waals surface area contributed by atoms with Crippen LogP contribution in [0.4, 0.5) is 0 Å². The molecule has 0 aliphatic heterocycles. The van der Waals surface area contributed by atoms with Gasteiger partial charge in [-0.2, -0.15) is 0 Å². The fourth-order valence-corrected chi connectivity index (χ4v) is 1.82. The lowest BCUT2D eigenvalue weighted by molar-refractivity contribution is -0.160. The first kappa shape index (κ1) is 23.4. The molecule has 0 bridgehead atoms. The first-order chi connectivity index (χ1) is 11.1. The van der Waals surface area contributed by atoms with Crippen LogP contribution >= 0.6 is 12.6 Å². The van der Waals surface area contributed by atoms with Crippen LogP contribution in [0, 0.1) is 5.92 Å². The molecule has 3 unspecified atom stereocenters. The van der Waals surface area contributed by atoms with Crippen molar-refractivity contribution in [1.82, 2.24) is 0 Å². The zero-order valence-electron chi connectivity index (χ0n) is 16.0. The number of carbonyl (C=O) groups is 1. The van der Waals surface area contributed by atoms with Gasteiger partial charge in [-0.1, -0.05) is 20.4 Å². The van der Waals surface area contributed by atoms with Crippen LogP contribution in [0.25, 0.3) is 0 Å². The van der Waals surface area contributed by atoms with Crippen LogP contribution < -0.4 is 0 Å². The maximum absolute atomic E-state index is 11.8. The minimum atomic E-state index is -0.699. The van der Waals surface area contributed by atoms with E-state index in [0.29, 0.717) is 18.1 Å². The van der Waals surface area contributed by atoms with Gasteiger partial charge in [0.2, 0.25) is 0 Å². The minimum Gasteiger partial charge on any atom is -0.454 e. The third kappa shape index (κ3) is 11.1. The molecule has 142 valence electrons. The summed E-state index contributed by atoms with van der Waals surface area (Å²) in [7, 11) is 1.57. The van der Waals surface area contributed by atoms with Gasteiger partial charge in [0.05, 0.1) is 19.3 Å². The monoisotopic (exact) mass is 362 g/mol. The average Bonchev–Trinajstić information content (AvgIpc) is 2.50. The van der Waals surface area contributed by atoms with Crippen LogP contribution in [0.3, 0.4) is 0 Å². The Kier molecular flexibility index (Phi) is 11.6. The summed E-state index contributed by atoms with van der Waals surface area (Å²) in [6.45, 7) is 14.4. The molecule has 5 nitrogen and oxygen atoms in total. The molecule has 0 amide bonds. The SMILES string of the molecule is C=C(C)C(=O)OC(COCCCC(C)C)C(C)OCC(C)(S)OC. The minimum absolute atomic E-state index is 0.266. The van der Waals surface area contributed by atoms with E-state index in [0.717, 1.165) is 12.8 Å². The molecule has 6 heteroatoms. The predicted molar refractivity (Wildman–Crippen MR) is 99.4 cm³/mol.